The Hall–Kier alpha value is -1.25. The summed E-state index contributed by atoms with van der Waals surface area (Å²) < 4.78 is 24.8. The standard InChI is InChI=1S/C8H6F2O/c1-5-3-2-4-6(7(5)9)8(10)11/h2-4H,1H3. The lowest BCUT2D eigenvalue weighted by Gasteiger charge is -1.97. The molecular weight excluding hydrogens is 150 g/mol. The molecule has 0 fully saturated rings. The monoisotopic (exact) mass is 156 g/mol. The predicted molar refractivity (Wildman–Crippen MR) is 36.6 cm³/mol. The van der Waals surface area contributed by atoms with Gasteiger partial charge >= 0.3 is 6.04 Å². The molecule has 3 heteroatoms. The minimum atomic E-state index is -1.73. The van der Waals surface area contributed by atoms with Crippen molar-refractivity contribution in [2.45, 2.75) is 6.92 Å². The Morgan fingerprint density at radius 2 is 2.09 bits per heavy atom. The van der Waals surface area contributed by atoms with Gasteiger partial charge in [0.15, 0.2) is 0 Å². The Bertz CT molecular complexity index is 294. The van der Waals surface area contributed by atoms with Crippen molar-refractivity contribution < 1.29 is 13.6 Å². The summed E-state index contributed by atoms with van der Waals surface area (Å²) in [5.74, 6) is -0.778. The van der Waals surface area contributed by atoms with E-state index < -0.39 is 17.4 Å². The van der Waals surface area contributed by atoms with Crippen LogP contribution in [0.4, 0.5) is 8.78 Å². The van der Waals surface area contributed by atoms with Gasteiger partial charge in [-0.05, 0) is 18.6 Å². The first-order valence-electron chi connectivity index (χ1n) is 3.08. The fraction of sp³-hybridized carbons (Fsp3) is 0.125. The van der Waals surface area contributed by atoms with Gasteiger partial charge in [0.05, 0.1) is 5.56 Å². The highest BCUT2D eigenvalue weighted by Gasteiger charge is 2.10. The van der Waals surface area contributed by atoms with E-state index in [1.165, 1.54) is 19.1 Å². The summed E-state index contributed by atoms with van der Waals surface area (Å²) in [7, 11) is 0. The SMILES string of the molecule is Cc1cccc(C(=O)F)c1F. The summed E-state index contributed by atoms with van der Waals surface area (Å²) >= 11 is 0. The molecule has 11 heavy (non-hydrogen) atoms. The lowest BCUT2D eigenvalue weighted by Crippen LogP contribution is -1.96. The highest BCUT2D eigenvalue weighted by Crippen LogP contribution is 2.12. The number of aryl methyl sites for hydroxylation is 1. The summed E-state index contributed by atoms with van der Waals surface area (Å²) in [4.78, 5) is 10.1. The zero-order valence-corrected chi connectivity index (χ0v) is 5.90. The average Bonchev–Trinajstić information content (AvgIpc) is 1.94. The second-order valence-corrected chi connectivity index (χ2v) is 2.21. The fourth-order valence-corrected chi connectivity index (χ4v) is 0.799. The third kappa shape index (κ3) is 1.42. The van der Waals surface area contributed by atoms with Gasteiger partial charge < -0.3 is 0 Å². The Labute approximate surface area is 62.7 Å². The molecule has 0 radical (unpaired) electrons. The van der Waals surface area contributed by atoms with Crippen LogP contribution < -0.4 is 0 Å². The highest BCUT2D eigenvalue weighted by molar-refractivity contribution is 5.88. The zero-order valence-electron chi connectivity index (χ0n) is 5.90. The Morgan fingerprint density at radius 1 is 1.45 bits per heavy atom. The van der Waals surface area contributed by atoms with Crippen molar-refractivity contribution in [2.24, 2.45) is 0 Å². The van der Waals surface area contributed by atoms with E-state index in [2.05, 4.69) is 0 Å². The molecule has 0 aliphatic carbocycles. The van der Waals surface area contributed by atoms with E-state index in [9.17, 15) is 13.6 Å². The first kappa shape index (κ1) is 7.85. The van der Waals surface area contributed by atoms with E-state index in [1.807, 2.05) is 0 Å². The summed E-state index contributed by atoms with van der Waals surface area (Å²) in [6, 6.07) is 2.30. The molecule has 1 aromatic rings. The van der Waals surface area contributed by atoms with Crippen molar-refractivity contribution in [1.82, 2.24) is 0 Å². The molecule has 0 saturated heterocycles. The van der Waals surface area contributed by atoms with Crippen LogP contribution in [0.25, 0.3) is 0 Å². The molecule has 0 N–H and O–H groups in total. The molecule has 0 bridgehead atoms. The quantitative estimate of drug-likeness (QED) is 0.570. The molecule has 0 saturated carbocycles. The van der Waals surface area contributed by atoms with Gasteiger partial charge in [-0.3, -0.25) is 4.79 Å². The maximum Gasteiger partial charge on any atom is 0.335 e. The van der Waals surface area contributed by atoms with Crippen LogP contribution in [0.2, 0.25) is 0 Å². The number of halogens is 2. The van der Waals surface area contributed by atoms with Gasteiger partial charge in [0.2, 0.25) is 0 Å². The largest absolute Gasteiger partial charge is 0.335 e. The molecule has 0 aromatic heterocycles. The summed E-state index contributed by atoms with van der Waals surface area (Å²) in [6.07, 6.45) is 0. The summed E-state index contributed by atoms with van der Waals surface area (Å²) in [5.41, 5.74) is -0.224. The molecule has 0 amide bonds. The number of rotatable bonds is 1. The molecule has 0 atom stereocenters. The van der Waals surface area contributed by atoms with Gasteiger partial charge in [0.1, 0.15) is 5.82 Å². The lowest BCUT2D eigenvalue weighted by molar-refractivity contribution is 0.0831. The molecular formula is C8H6F2O. The third-order valence-electron chi connectivity index (χ3n) is 1.40. The minimum absolute atomic E-state index is 0.272. The van der Waals surface area contributed by atoms with Crippen molar-refractivity contribution in [3.8, 4) is 0 Å². The number of benzene rings is 1. The van der Waals surface area contributed by atoms with E-state index in [-0.39, 0.29) is 5.56 Å². The first-order valence-corrected chi connectivity index (χ1v) is 3.08. The van der Waals surface area contributed by atoms with E-state index in [4.69, 9.17) is 0 Å². The minimum Gasteiger partial charge on any atom is -0.255 e. The zero-order chi connectivity index (χ0) is 8.43. The van der Waals surface area contributed by atoms with Gasteiger partial charge in [-0.25, -0.2) is 4.39 Å². The topological polar surface area (TPSA) is 17.1 Å². The second-order valence-electron chi connectivity index (χ2n) is 2.21. The lowest BCUT2D eigenvalue weighted by atomic mass is 10.1. The molecule has 1 nitrogen and oxygen atoms in total. The summed E-state index contributed by atoms with van der Waals surface area (Å²) in [6.45, 7) is 1.47. The fourth-order valence-electron chi connectivity index (χ4n) is 0.799. The van der Waals surface area contributed by atoms with Gasteiger partial charge in [-0.1, -0.05) is 12.1 Å². The Kier molecular flexibility index (Phi) is 1.98. The normalized spacial score (nSPS) is 9.73. The van der Waals surface area contributed by atoms with Crippen LogP contribution in [0.3, 0.4) is 0 Å². The molecule has 1 rings (SSSR count). The third-order valence-corrected chi connectivity index (χ3v) is 1.40. The number of hydrogen-bond acceptors (Lipinski definition) is 1. The van der Waals surface area contributed by atoms with Crippen LogP contribution >= 0.6 is 0 Å². The number of carbonyl (C=O) groups is 1. The average molecular weight is 156 g/mol. The highest BCUT2D eigenvalue weighted by atomic mass is 19.1. The Balaban J connectivity index is 3.27. The Morgan fingerprint density at radius 3 is 2.55 bits per heavy atom. The number of carbonyl (C=O) groups excluding carboxylic acids is 1. The van der Waals surface area contributed by atoms with E-state index in [0.717, 1.165) is 6.07 Å². The van der Waals surface area contributed by atoms with Crippen LogP contribution in [0.15, 0.2) is 18.2 Å². The van der Waals surface area contributed by atoms with Crippen molar-refractivity contribution in [1.29, 1.82) is 0 Å². The van der Waals surface area contributed by atoms with Gasteiger partial charge in [-0.15, -0.1) is 0 Å². The molecule has 0 aliphatic heterocycles. The second kappa shape index (κ2) is 2.78. The maximum absolute atomic E-state index is 12.8. The predicted octanol–water partition coefficient (Wildman–Crippen LogP) is 2.24. The van der Waals surface area contributed by atoms with Crippen molar-refractivity contribution >= 4 is 6.04 Å². The van der Waals surface area contributed by atoms with Crippen LogP contribution in [-0.2, 0) is 0 Å². The van der Waals surface area contributed by atoms with Crippen LogP contribution in [0, 0.1) is 12.7 Å². The molecule has 0 unspecified atom stereocenters. The smallest absolute Gasteiger partial charge is 0.255 e. The van der Waals surface area contributed by atoms with E-state index in [0.29, 0.717) is 0 Å². The molecule has 1 aromatic carbocycles. The van der Waals surface area contributed by atoms with Crippen molar-refractivity contribution in [3.05, 3.63) is 35.1 Å². The van der Waals surface area contributed by atoms with Crippen LogP contribution in [0.1, 0.15) is 15.9 Å². The van der Waals surface area contributed by atoms with Crippen LogP contribution in [0.5, 0.6) is 0 Å². The van der Waals surface area contributed by atoms with Crippen molar-refractivity contribution in [3.63, 3.8) is 0 Å². The number of hydrogen-bond donors (Lipinski definition) is 0. The maximum atomic E-state index is 12.8. The van der Waals surface area contributed by atoms with Gasteiger partial charge in [-0.2, -0.15) is 4.39 Å². The van der Waals surface area contributed by atoms with Crippen LogP contribution in [-0.4, -0.2) is 6.04 Å². The van der Waals surface area contributed by atoms with Crippen molar-refractivity contribution in [2.75, 3.05) is 0 Å². The molecule has 58 valence electrons. The first-order chi connectivity index (χ1) is 5.13. The molecule has 0 aliphatic rings. The van der Waals surface area contributed by atoms with Gasteiger partial charge in [0, 0.05) is 0 Å². The van der Waals surface area contributed by atoms with E-state index in [1.54, 1.807) is 0 Å². The molecule has 0 spiro atoms. The molecule has 0 heterocycles. The van der Waals surface area contributed by atoms with E-state index >= 15 is 0 Å². The van der Waals surface area contributed by atoms with Gasteiger partial charge in [0.25, 0.3) is 0 Å². The summed E-state index contributed by atoms with van der Waals surface area (Å²) in [5, 5.41) is 0.